The van der Waals surface area contributed by atoms with Gasteiger partial charge < -0.3 is 10.5 Å². The Kier molecular flexibility index (Phi) is 7.61. The Morgan fingerprint density at radius 3 is 2.33 bits per heavy atom. The van der Waals surface area contributed by atoms with E-state index in [0.29, 0.717) is 17.8 Å². The molecule has 0 unspecified atom stereocenters. The maximum atomic E-state index is 12.6. The number of benzene rings is 2. The molecule has 0 fully saturated rings. The molecule has 27 heavy (non-hydrogen) atoms. The minimum Gasteiger partial charge on any atom is -0.497 e. The van der Waals surface area contributed by atoms with E-state index < -0.39 is 9.84 Å². The Labute approximate surface area is 161 Å². The van der Waals surface area contributed by atoms with Gasteiger partial charge in [0.25, 0.3) is 0 Å². The first-order valence-corrected chi connectivity index (χ1v) is 10.5. The summed E-state index contributed by atoms with van der Waals surface area (Å²) in [6, 6.07) is 15.5. The molecule has 0 saturated carbocycles. The first-order chi connectivity index (χ1) is 13.0. The van der Waals surface area contributed by atoms with Gasteiger partial charge in [-0.15, -0.1) is 0 Å². The fourth-order valence-corrected chi connectivity index (χ4v) is 3.68. The number of nitrogens with two attached hydrogens (primary N) is 1. The maximum absolute atomic E-state index is 12.6. The molecule has 0 spiro atoms. The molecule has 0 heterocycles. The Morgan fingerprint density at radius 1 is 1.07 bits per heavy atom. The van der Waals surface area contributed by atoms with Crippen molar-refractivity contribution in [2.45, 2.75) is 37.5 Å². The van der Waals surface area contributed by atoms with Crippen molar-refractivity contribution in [2.75, 3.05) is 7.11 Å². The number of unbranched alkanes of at least 4 members (excludes halogenated alkanes) is 2. The zero-order valence-corrected chi connectivity index (χ0v) is 16.6. The summed E-state index contributed by atoms with van der Waals surface area (Å²) in [5, 5.41) is 1.11. The second-order valence-electron chi connectivity index (χ2n) is 6.14. The van der Waals surface area contributed by atoms with Crippen molar-refractivity contribution in [3.8, 4) is 5.75 Å². The molecular weight excluding hydrogens is 360 g/mol. The number of nitrogens with zero attached hydrogens (tertiary/aromatic N) is 1. The summed E-state index contributed by atoms with van der Waals surface area (Å²) >= 11 is 0. The van der Waals surface area contributed by atoms with Crippen LogP contribution in [0.1, 0.15) is 32.6 Å². The number of methoxy groups -OCH3 is 1. The minimum absolute atomic E-state index is 0.172. The number of allylic oxidation sites excluding steroid dienone is 1. The fraction of sp³-hybridized carbons (Fsp3) is 0.286. The molecule has 2 aromatic rings. The summed E-state index contributed by atoms with van der Waals surface area (Å²) < 4.78 is 30.3. The van der Waals surface area contributed by atoms with E-state index in [2.05, 4.69) is 11.9 Å². The predicted molar refractivity (Wildman–Crippen MR) is 110 cm³/mol. The lowest BCUT2D eigenvalue weighted by Crippen LogP contribution is -2.14. The zero-order chi connectivity index (χ0) is 19.7. The van der Waals surface area contributed by atoms with Crippen LogP contribution < -0.4 is 10.5 Å². The van der Waals surface area contributed by atoms with E-state index in [1.807, 2.05) is 24.3 Å². The van der Waals surface area contributed by atoms with Crippen molar-refractivity contribution in [3.05, 3.63) is 65.7 Å². The van der Waals surface area contributed by atoms with Gasteiger partial charge in [0, 0.05) is 0 Å². The van der Waals surface area contributed by atoms with Gasteiger partial charge in [-0.05, 0) is 49.2 Å². The van der Waals surface area contributed by atoms with Crippen LogP contribution in [-0.4, -0.2) is 21.2 Å². The summed E-state index contributed by atoms with van der Waals surface area (Å²) in [4.78, 5) is 4.80. The van der Waals surface area contributed by atoms with Gasteiger partial charge in [0.05, 0.1) is 34.5 Å². The highest BCUT2D eigenvalue weighted by atomic mass is 32.2. The third kappa shape index (κ3) is 6.25. The van der Waals surface area contributed by atoms with Crippen LogP contribution in [0.25, 0.3) is 0 Å². The fourth-order valence-electron chi connectivity index (χ4n) is 2.53. The van der Waals surface area contributed by atoms with Crippen LogP contribution in [0.3, 0.4) is 0 Å². The summed E-state index contributed by atoms with van der Waals surface area (Å²) in [5.41, 5.74) is 7.61. The van der Waals surface area contributed by atoms with Gasteiger partial charge in [-0.1, -0.05) is 38.0 Å². The van der Waals surface area contributed by atoms with Gasteiger partial charge in [-0.3, -0.25) is 4.99 Å². The van der Waals surface area contributed by atoms with E-state index in [1.165, 1.54) is 0 Å². The lowest BCUT2D eigenvalue weighted by atomic mass is 10.1. The first kappa shape index (κ1) is 20.7. The van der Waals surface area contributed by atoms with Crippen LogP contribution in [0.5, 0.6) is 5.75 Å². The zero-order valence-electron chi connectivity index (χ0n) is 15.8. The van der Waals surface area contributed by atoms with Crippen LogP contribution in [0.15, 0.2) is 75.6 Å². The second kappa shape index (κ2) is 9.92. The lowest BCUT2D eigenvalue weighted by molar-refractivity contribution is 0.415. The molecule has 0 aliphatic heterocycles. The first-order valence-electron chi connectivity index (χ1n) is 8.95. The molecule has 0 aliphatic rings. The molecule has 0 atom stereocenters. The van der Waals surface area contributed by atoms with Gasteiger partial charge in [-0.25, -0.2) is 8.42 Å². The monoisotopic (exact) mass is 386 g/mol. The molecule has 0 radical (unpaired) electrons. The van der Waals surface area contributed by atoms with Crippen molar-refractivity contribution >= 4 is 21.2 Å². The van der Waals surface area contributed by atoms with Crippen LogP contribution in [0, 0.1) is 0 Å². The summed E-state index contributed by atoms with van der Waals surface area (Å²) in [6.07, 6.45) is 3.60. The van der Waals surface area contributed by atoms with Crippen LogP contribution >= 0.6 is 0 Å². The second-order valence-corrected chi connectivity index (χ2v) is 7.94. The van der Waals surface area contributed by atoms with Crippen LogP contribution in [-0.2, 0) is 9.84 Å². The molecule has 0 bridgehead atoms. The third-order valence-electron chi connectivity index (χ3n) is 4.04. The highest BCUT2D eigenvalue weighted by Gasteiger charge is 2.14. The van der Waals surface area contributed by atoms with E-state index in [0.717, 1.165) is 30.4 Å². The smallest absolute Gasteiger partial charge is 0.201 e. The average Bonchev–Trinajstić information content (AvgIpc) is 2.68. The van der Waals surface area contributed by atoms with Gasteiger partial charge >= 0.3 is 0 Å². The van der Waals surface area contributed by atoms with Gasteiger partial charge in [-0.2, -0.15) is 0 Å². The normalized spacial score (nSPS) is 12.8. The van der Waals surface area contributed by atoms with Gasteiger partial charge in [0.15, 0.2) is 0 Å². The Morgan fingerprint density at radius 2 is 1.74 bits per heavy atom. The molecule has 2 N–H and O–H groups in total. The summed E-state index contributed by atoms with van der Waals surface area (Å²) in [7, 11) is -2.03. The largest absolute Gasteiger partial charge is 0.497 e. The topological polar surface area (TPSA) is 81.8 Å². The Hall–Kier alpha value is -2.60. The van der Waals surface area contributed by atoms with Crippen LogP contribution in [0.2, 0.25) is 0 Å². The number of ether oxygens (including phenoxy) is 1. The molecule has 2 aromatic carbocycles. The van der Waals surface area contributed by atoms with E-state index in [1.54, 1.807) is 37.4 Å². The standard InChI is InChI=1S/C21H26N2O3S/c1-3-4-6-11-21(23-17-12-14-18(26-2)15-13-17)20(22)16-27(24,25)19-9-7-5-8-10-19/h5,7-10,12-16H,3-4,6,11,22H2,1-2H3/b20-16-,23-21?. The quantitative estimate of drug-likeness (QED) is 0.503. The molecule has 5 nitrogen and oxygen atoms in total. The Balaban J connectivity index is 2.35. The average molecular weight is 387 g/mol. The summed E-state index contributed by atoms with van der Waals surface area (Å²) in [6.45, 7) is 2.11. The number of aliphatic imine (C=N–C) groups is 1. The molecule has 6 heteroatoms. The van der Waals surface area contributed by atoms with Crippen molar-refractivity contribution in [2.24, 2.45) is 10.7 Å². The van der Waals surface area contributed by atoms with E-state index >= 15 is 0 Å². The van der Waals surface area contributed by atoms with Crippen molar-refractivity contribution < 1.29 is 13.2 Å². The van der Waals surface area contributed by atoms with Gasteiger partial charge in [0.1, 0.15) is 5.75 Å². The highest BCUT2D eigenvalue weighted by Crippen LogP contribution is 2.21. The Bertz CT molecular complexity index is 887. The highest BCUT2D eigenvalue weighted by molar-refractivity contribution is 7.94. The SMILES string of the molecule is CCCCCC(=Nc1ccc(OC)cc1)/C(N)=C/S(=O)(=O)c1ccccc1. The molecule has 0 aliphatic carbocycles. The number of hydrogen-bond acceptors (Lipinski definition) is 5. The number of hydrogen-bond donors (Lipinski definition) is 1. The van der Waals surface area contributed by atoms with E-state index in [4.69, 9.17) is 10.5 Å². The molecular formula is C21H26N2O3S. The lowest BCUT2D eigenvalue weighted by Gasteiger charge is -2.08. The maximum Gasteiger partial charge on any atom is 0.201 e. The molecule has 0 amide bonds. The molecule has 2 rings (SSSR count). The molecule has 144 valence electrons. The van der Waals surface area contributed by atoms with E-state index in [-0.39, 0.29) is 10.6 Å². The van der Waals surface area contributed by atoms with Gasteiger partial charge in [0.2, 0.25) is 9.84 Å². The molecule has 0 aromatic heterocycles. The number of rotatable bonds is 9. The number of sulfone groups is 1. The summed E-state index contributed by atoms with van der Waals surface area (Å²) in [5.74, 6) is 0.733. The predicted octanol–water partition coefficient (Wildman–Crippen LogP) is 4.62. The van der Waals surface area contributed by atoms with Crippen molar-refractivity contribution in [1.82, 2.24) is 0 Å². The third-order valence-corrected chi connectivity index (χ3v) is 5.53. The van der Waals surface area contributed by atoms with Crippen LogP contribution in [0.4, 0.5) is 5.69 Å². The minimum atomic E-state index is -3.63. The molecule has 0 saturated heterocycles. The van der Waals surface area contributed by atoms with Crippen molar-refractivity contribution in [1.29, 1.82) is 0 Å². The van der Waals surface area contributed by atoms with Crippen molar-refractivity contribution in [3.63, 3.8) is 0 Å². The van der Waals surface area contributed by atoms with E-state index in [9.17, 15) is 8.42 Å².